The Labute approximate surface area is 123 Å². The van der Waals surface area contributed by atoms with E-state index < -0.39 is 0 Å². The van der Waals surface area contributed by atoms with Crippen LogP contribution in [0.1, 0.15) is 43.7 Å². The van der Waals surface area contributed by atoms with E-state index in [1.807, 2.05) is 0 Å². The average Bonchev–Trinajstić information content (AvgIpc) is 2.82. The Morgan fingerprint density at radius 3 is 2.80 bits per heavy atom. The van der Waals surface area contributed by atoms with Crippen molar-refractivity contribution in [2.75, 3.05) is 25.0 Å². The summed E-state index contributed by atoms with van der Waals surface area (Å²) in [5.74, 6) is 1.87. The van der Waals surface area contributed by atoms with Crippen molar-refractivity contribution in [1.29, 1.82) is 0 Å². The molecule has 1 aromatic rings. The SMILES string of the molecule is CC1CCC(CNCc2ccc3c(c2)CCN3C)CC1. The number of nitrogens with one attached hydrogen (secondary N) is 1. The maximum Gasteiger partial charge on any atom is 0.0397 e. The first-order chi connectivity index (χ1) is 9.72. The highest BCUT2D eigenvalue weighted by molar-refractivity contribution is 5.58. The van der Waals surface area contributed by atoms with Crippen molar-refractivity contribution < 1.29 is 0 Å². The smallest absolute Gasteiger partial charge is 0.0397 e. The van der Waals surface area contributed by atoms with Crippen LogP contribution in [0.5, 0.6) is 0 Å². The lowest BCUT2D eigenvalue weighted by Gasteiger charge is -2.26. The van der Waals surface area contributed by atoms with Gasteiger partial charge in [-0.2, -0.15) is 0 Å². The predicted octanol–water partition coefficient (Wildman–Crippen LogP) is 3.59. The highest BCUT2D eigenvalue weighted by atomic mass is 15.1. The van der Waals surface area contributed by atoms with Crippen LogP contribution in [0.4, 0.5) is 5.69 Å². The van der Waals surface area contributed by atoms with Gasteiger partial charge in [-0.25, -0.2) is 0 Å². The molecule has 1 aromatic carbocycles. The van der Waals surface area contributed by atoms with E-state index in [2.05, 4.69) is 42.4 Å². The lowest BCUT2D eigenvalue weighted by molar-refractivity contribution is 0.281. The summed E-state index contributed by atoms with van der Waals surface area (Å²) in [7, 11) is 2.19. The van der Waals surface area contributed by atoms with Gasteiger partial charge in [0.2, 0.25) is 0 Å². The van der Waals surface area contributed by atoms with Gasteiger partial charge in [0.15, 0.2) is 0 Å². The van der Waals surface area contributed by atoms with Crippen LogP contribution in [0.25, 0.3) is 0 Å². The van der Waals surface area contributed by atoms with E-state index in [-0.39, 0.29) is 0 Å². The number of nitrogens with zero attached hydrogens (tertiary/aromatic N) is 1. The first kappa shape index (κ1) is 13.9. The number of rotatable bonds is 4. The van der Waals surface area contributed by atoms with E-state index in [0.29, 0.717) is 0 Å². The van der Waals surface area contributed by atoms with Gasteiger partial charge in [0.1, 0.15) is 0 Å². The molecule has 0 amide bonds. The fraction of sp³-hybridized carbons (Fsp3) is 0.667. The number of anilines is 1. The molecule has 2 heteroatoms. The van der Waals surface area contributed by atoms with Gasteiger partial charge in [0.05, 0.1) is 0 Å². The zero-order valence-corrected chi connectivity index (χ0v) is 13.0. The third-order valence-electron chi connectivity index (χ3n) is 5.17. The molecule has 0 aromatic heterocycles. The second-order valence-electron chi connectivity index (χ2n) is 6.89. The highest BCUT2D eigenvalue weighted by Crippen LogP contribution is 2.28. The molecule has 1 aliphatic heterocycles. The van der Waals surface area contributed by atoms with Crippen LogP contribution in [0, 0.1) is 11.8 Å². The van der Waals surface area contributed by atoms with E-state index in [1.165, 1.54) is 62.0 Å². The van der Waals surface area contributed by atoms with E-state index in [1.54, 1.807) is 0 Å². The predicted molar refractivity (Wildman–Crippen MR) is 86.2 cm³/mol. The summed E-state index contributed by atoms with van der Waals surface area (Å²) in [6.07, 6.45) is 6.90. The standard InChI is InChI=1S/C18H28N2/c1-14-3-5-15(6-4-14)12-19-13-16-7-8-18-17(11-16)9-10-20(18)2/h7-8,11,14-15,19H,3-6,9-10,12-13H2,1-2H3. The Bertz CT molecular complexity index is 447. The largest absolute Gasteiger partial charge is 0.374 e. The molecule has 1 aliphatic carbocycles. The molecule has 0 spiro atoms. The average molecular weight is 272 g/mol. The summed E-state index contributed by atoms with van der Waals surface area (Å²) in [6, 6.07) is 6.98. The van der Waals surface area contributed by atoms with Crippen molar-refractivity contribution in [2.45, 2.75) is 45.6 Å². The van der Waals surface area contributed by atoms with Gasteiger partial charge in [0.25, 0.3) is 0 Å². The van der Waals surface area contributed by atoms with Crippen molar-refractivity contribution >= 4 is 5.69 Å². The molecule has 0 unspecified atom stereocenters. The van der Waals surface area contributed by atoms with Crippen LogP contribution in [-0.2, 0) is 13.0 Å². The van der Waals surface area contributed by atoms with Crippen LogP contribution in [0.3, 0.4) is 0 Å². The fourth-order valence-electron chi connectivity index (χ4n) is 3.68. The number of benzene rings is 1. The lowest BCUT2D eigenvalue weighted by Crippen LogP contribution is -2.25. The van der Waals surface area contributed by atoms with Gasteiger partial charge in [-0.1, -0.05) is 31.9 Å². The second kappa shape index (κ2) is 6.17. The number of fused-ring (bicyclic) bond motifs is 1. The molecule has 2 aliphatic rings. The van der Waals surface area contributed by atoms with E-state index >= 15 is 0 Å². The molecule has 3 rings (SSSR count). The molecule has 20 heavy (non-hydrogen) atoms. The van der Waals surface area contributed by atoms with Crippen LogP contribution in [0.2, 0.25) is 0 Å². The van der Waals surface area contributed by atoms with Gasteiger partial charge in [-0.05, 0) is 54.8 Å². The van der Waals surface area contributed by atoms with E-state index in [4.69, 9.17) is 0 Å². The number of hydrogen-bond acceptors (Lipinski definition) is 2. The minimum Gasteiger partial charge on any atom is -0.374 e. The maximum absolute atomic E-state index is 3.68. The van der Waals surface area contributed by atoms with Crippen LogP contribution in [-0.4, -0.2) is 20.1 Å². The zero-order chi connectivity index (χ0) is 13.9. The Morgan fingerprint density at radius 1 is 1.20 bits per heavy atom. The first-order valence-electron chi connectivity index (χ1n) is 8.26. The van der Waals surface area contributed by atoms with E-state index in [0.717, 1.165) is 18.4 Å². The minimum atomic E-state index is 0.909. The zero-order valence-electron chi connectivity index (χ0n) is 13.0. The molecule has 0 atom stereocenters. The molecular weight excluding hydrogens is 244 g/mol. The third kappa shape index (κ3) is 3.17. The quantitative estimate of drug-likeness (QED) is 0.901. The topological polar surface area (TPSA) is 15.3 Å². The molecular formula is C18H28N2. The molecule has 1 fully saturated rings. The Kier molecular flexibility index (Phi) is 4.30. The van der Waals surface area contributed by atoms with Gasteiger partial charge >= 0.3 is 0 Å². The Hall–Kier alpha value is -1.02. The summed E-state index contributed by atoms with van der Waals surface area (Å²) < 4.78 is 0. The molecule has 110 valence electrons. The van der Waals surface area contributed by atoms with Crippen molar-refractivity contribution in [2.24, 2.45) is 11.8 Å². The minimum absolute atomic E-state index is 0.909. The normalized spacial score (nSPS) is 25.8. The van der Waals surface area contributed by atoms with Crippen LogP contribution in [0.15, 0.2) is 18.2 Å². The summed E-state index contributed by atoms with van der Waals surface area (Å²) in [6.45, 7) is 5.80. The van der Waals surface area contributed by atoms with Gasteiger partial charge in [-0.15, -0.1) is 0 Å². The third-order valence-corrected chi connectivity index (χ3v) is 5.17. The molecule has 0 saturated heterocycles. The Balaban J connectivity index is 1.47. The molecule has 1 N–H and O–H groups in total. The van der Waals surface area contributed by atoms with Crippen molar-refractivity contribution in [3.05, 3.63) is 29.3 Å². The van der Waals surface area contributed by atoms with Gasteiger partial charge in [0, 0.05) is 25.8 Å². The second-order valence-corrected chi connectivity index (χ2v) is 6.89. The molecule has 2 nitrogen and oxygen atoms in total. The first-order valence-corrected chi connectivity index (χ1v) is 8.26. The molecule has 1 saturated carbocycles. The van der Waals surface area contributed by atoms with Gasteiger partial charge < -0.3 is 10.2 Å². The van der Waals surface area contributed by atoms with Crippen molar-refractivity contribution in [3.8, 4) is 0 Å². The van der Waals surface area contributed by atoms with Crippen LogP contribution >= 0.6 is 0 Å². The monoisotopic (exact) mass is 272 g/mol. The number of likely N-dealkylation sites (N-methyl/N-ethyl adjacent to an activating group) is 1. The summed E-state index contributed by atoms with van der Waals surface area (Å²) in [5.41, 5.74) is 4.40. The van der Waals surface area contributed by atoms with E-state index in [9.17, 15) is 0 Å². The molecule has 1 heterocycles. The van der Waals surface area contributed by atoms with Crippen LogP contribution < -0.4 is 10.2 Å². The molecule has 0 radical (unpaired) electrons. The fourth-order valence-corrected chi connectivity index (χ4v) is 3.68. The number of hydrogen-bond donors (Lipinski definition) is 1. The Morgan fingerprint density at radius 2 is 2.00 bits per heavy atom. The summed E-state index contributed by atoms with van der Waals surface area (Å²) >= 11 is 0. The highest BCUT2D eigenvalue weighted by Gasteiger charge is 2.18. The summed E-state index contributed by atoms with van der Waals surface area (Å²) in [4.78, 5) is 2.36. The maximum atomic E-state index is 3.68. The van der Waals surface area contributed by atoms with Crippen molar-refractivity contribution in [3.63, 3.8) is 0 Å². The summed E-state index contributed by atoms with van der Waals surface area (Å²) in [5, 5.41) is 3.68. The van der Waals surface area contributed by atoms with Crippen molar-refractivity contribution in [1.82, 2.24) is 5.32 Å². The van der Waals surface area contributed by atoms with Gasteiger partial charge in [-0.3, -0.25) is 0 Å². The lowest BCUT2D eigenvalue weighted by atomic mass is 9.83. The molecule has 0 bridgehead atoms.